The number of carbonyl (C=O) groups excluding carboxylic acids is 4. The van der Waals surface area contributed by atoms with Crippen molar-refractivity contribution in [1.82, 2.24) is 15.2 Å². The van der Waals surface area contributed by atoms with Crippen LogP contribution in [-0.2, 0) is 20.7 Å². The smallest absolute Gasteiger partial charge is 0.357 e. The summed E-state index contributed by atoms with van der Waals surface area (Å²) >= 11 is 1.16. The van der Waals surface area contributed by atoms with E-state index in [1.54, 1.807) is 6.92 Å². The quantitative estimate of drug-likeness (QED) is 0.489. The Morgan fingerprint density at radius 2 is 2.00 bits per heavy atom. The van der Waals surface area contributed by atoms with Crippen LogP contribution in [0.4, 0.5) is 9.93 Å². The number of thiazole rings is 1. The lowest BCUT2D eigenvalue weighted by atomic mass is 10.1. The van der Waals surface area contributed by atoms with Gasteiger partial charge in [0, 0.05) is 17.8 Å². The number of anilines is 1. The first-order valence-electron chi connectivity index (χ1n) is 9.40. The van der Waals surface area contributed by atoms with Crippen molar-refractivity contribution < 1.29 is 23.9 Å². The van der Waals surface area contributed by atoms with Crippen LogP contribution in [-0.4, -0.2) is 53.4 Å². The molecule has 0 aliphatic carbocycles. The van der Waals surface area contributed by atoms with Crippen LogP contribution in [0.3, 0.4) is 0 Å². The molecule has 4 amide bonds. The molecule has 1 aliphatic heterocycles. The Kier molecular flexibility index (Phi) is 6.78. The van der Waals surface area contributed by atoms with Crippen molar-refractivity contribution in [2.24, 2.45) is 0 Å². The van der Waals surface area contributed by atoms with Gasteiger partial charge in [0.05, 0.1) is 7.11 Å². The number of benzene rings is 1. The summed E-state index contributed by atoms with van der Waals surface area (Å²) in [5, 5.41) is 5.52. The number of ether oxygens (including phenoxy) is 1. The SMILES string of the molecule is COC(=O)c1nc(NC(=O)CCC2NC(=O)N(CCc3ccccc3)C2=O)sc1C. The van der Waals surface area contributed by atoms with Crippen molar-refractivity contribution in [2.75, 3.05) is 19.0 Å². The molecule has 1 aliphatic rings. The van der Waals surface area contributed by atoms with Gasteiger partial charge < -0.3 is 15.4 Å². The lowest BCUT2D eigenvalue weighted by Gasteiger charge is -2.13. The maximum absolute atomic E-state index is 12.5. The molecule has 10 heteroatoms. The van der Waals surface area contributed by atoms with Crippen LogP contribution in [0.1, 0.15) is 33.8 Å². The minimum absolute atomic E-state index is 0.0232. The number of nitrogens with one attached hydrogen (secondary N) is 2. The molecule has 0 bridgehead atoms. The van der Waals surface area contributed by atoms with Gasteiger partial charge in [0.15, 0.2) is 10.8 Å². The first kappa shape index (κ1) is 21.4. The van der Waals surface area contributed by atoms with Crippen LogP contribution in [0.25, 0.3) is 0 Å². The molecule has 3 rings (SSSR count). The van der Waals surface area contributed by atoms with Crippen molar-refractivity contribution in [1.29, 1.82) is 0 Å². The molecule has 158 valence electrons. The van der Waals surface area contributed by atoms with Crippen molar-refractivity contribution >= 4 is 40.3 Å². The van der Waals surface area contributed by atoms with Gasteiger partial charge in [-0.05, 0) is 25.3 Å². The fraction of sp³-hybridized carbons (Fsp3) is 0.350. The Bertz CT molecular complexity index is 959. The summed E-state index contributed by atoms with van der Waals surface area (Å²) in [5.41, 5.74) is 1.19. The number of imide groups is 1. The molecule has 1 saturated heterocycles. The maximum atomic E-state index is 12.5. The summed E-state index contributed by atoms with van der Waals surface area (Å²) in [6.07, 6.45) is 0.765. The highest BCUT2D eigenvalue weighted by Crippen LogP contribution is 2.23. The summed E-state index contributed by atoms with van der Waals surface area (Å²) in [6, 6.07) is 8.41. The summed E-state index contributed by atoms with van der Waals surface area (Å²) in [6.45, 7) is 1.99. The average Bonchev–Trinajstić information content (AvgIpc) is 3.23. The number of aryl methyl sites for hydroxylation is 1. The Balaban J connectivity index is 1.49. The number of hydrogen-bond acceptors (Lipinski definition) is 7. The monoisotopic (exact) mass is 430 g/mol. The van der Waals surface area contributed by atoms with E-state index in [2.05, 4.69) is 20.4 Å². The number of carbonyl (C=O) groups is 4. The molecule has 1 aromatic heterocycles. The molecule has 0 radical (unpaired) electrons. The minimum Gasteiger partial charge on any atom is -0.464 e. The highest BCUT2D eigenvalue weighted by atomic mass is 32.1. The molecular formula is C20H22N4O5S. The van der Waals surface area contributed by atoms with Gasteiger partial charge in [0.1, 0.15) is 6.04 Å². The molecule has 2 aromatic rings. The first-order valence-corrected chi connectivity index (χ1v) is 10.2. The number of methoxy groups -OCH3 is 1. The molecule has 30 heavy (non-hydrogen) atoms. The van der Waals surface area contributed by atoms with Gasteiger partial charge in [-0.25, -0.2) is 14.6 Å². The third-order valence-corrected chi connectivity index (χ3v) is 5.54. The van der Waals surface area contributed by atoms with Crippen molar-refractivity contribution in [3.05, 3.63) is 46.5 Å². The van der Waals surface area contributed by atoms with Crippen LogP contribution in [0, 0.1) is 6.92 Å². The van der Waals surface area contributed by atoms with Crippen molar-refractivity contribution in [3.8, 4) is 0 Å². The predicted molar refractivity (Wildman–Crippen MR) is 110 cm³/mol. The molecule has 9 nitrogen and oxygen atoms in total. The normalized spacial score (nSPS) is 15.8. The van der Waals surface area contributed by atoms with E-state index >= 15 is 0 Å². The second-order valence-corrected chi connectivity index (χ2v) is 7.93. The van der Waals surface area contributed by atoms with Gasteiger partial charge in [0.2, 0.25) is 5.91 Å². The molecule has 0 saturated carbocycles. The lowest BCUT2D eigenvalue weighted by molar-refractivity contribution is -0.127. The van der Waals surface area contributed by atoms with E-state index in [1.165, 1.54) is 12.0 Å². The highest BCUT2D eigenvalue weighted by Gasteiger charge is 2.37. The number of esters is 1. The lowest BCUT2D eigenvalue weighted by Crippen LogP contribution is -2.33. The molecular weight excluding hydrogens is 408 g/mol. The standard InChI is InChI=1S/C20H22N4O5S/c1-12-16(18(27)29-2)23-19(30-12)22-15(25)9-8-14-17(26)24(20(28)21-14)11-10-13-6-4-3-5-7-13/h3-7,14H,8-11H2,1-2H3,(H,21,28)(H,22,23,25). The first-order chi connectivity index (χ1) is 14.4. The molecule has 1 atom stereocenters. The number of rotatable bonds is 8. The second kappa shape index (κ2) is 9.49. The van der Waals surface area contributed by atoms with Crippen molar-refractivity contribution in [2.45, 2.75) is 32.2 Å². The highest BCUT2D eigenvalue weighted by molar-refractivity contribution is 7.16. The predicted octanol–water partition coefficient (Wildman–Crippen LogP) is 2.12. The fourth-order valence-corrected chi connectivity index (χ4v) is 3.88. The Morgan fingerprint density at radius 3 is 2.70 bits per heavy atom. The van der Waals surface area contributed by atoms with Crippen LogP contribution in [0.2, 0.25) is 0 Å². The molecule has 1 unspecified atom stereocenters. The Labute approximate surface area is 177 Å². The zero-order chi connectivity index (χ0) is 21.7. The average molecular weight is 430 g/mol. The van der Waals surface area contributed by atoms with Gasteiger partial charge in [-0.1, -0.05) is 30.3 Å². The molecule has 1 fully saturated rings. The van der Waals surface area contributed by atoms with E-state index in [1.807, 2.05) is 30.3 Å². The Morgan fingerprint density at radius 1 is 1.27 bits per heavy atom. The maximum Gasteiger partial charge on any atom is 0.357 e. The summed E-state index contributed by atoms with van der Waals surface area (Å²) < 4.78 is 4.64. The van der Waals surface area contributed by atoms with E-state index < -0.39 is 18.0 Å². The van der Waals surface area contributed by atoms with E-state index in [0.29, 0.717) is 11.3 Å². The summed E-state index contributed by atoms with van der Waals surface area (Å²) in [5.74, 6) is -1.26. The van der Waals surface area contributed by atoms with E-state index in [9.17, 15) is 19.2 Å². The second-order valence-electron chi connectivity index (χ2n) is 6.73. The van der Waals surface area contributed by atoms with Gasteiger partial charge in [0.25, 0.3) is 5.91 Å². The van der Waals surface area contributed by atoms with Crippen molar-refractivity contribution in [3.63, 3.8) is 0 Å². The number of aromatic nitrogens is 1. The zero-order valence-corrected chi connectivity index (χ0v) is 17.5. The van der Waals surface area contributed by atoms with Gasteiger partial charge in [-0.3, -0.25) is 14.5 Å². The fourth-order valence-electron chi connectivity index (χ4n) is 3.06. The molecule has 2 N–H and O–H groups in total. The van der Waals surface area contributed by atoms with E-state index in [4.69, 9.17) is 0 Å². The molecule has 1 aromatic carbocycles. The zero-order valence-electron chi connectivity index (χ0n) is 16.6. The number of nitrogens with zero attached hydrogens (tertiary/aromatic N) is 2. The minimum atomic E-state index is -0.734. The number of amides is 4. The number of urea groups is 1. The van der Waals surface area contributed by atoms with Crippen LogP contribution in [0.15, 0.2) is 30.3 Å². The van der Waals surface area contributed by atoms with E-state index in [-0.39, 0.29) is 42.0 Å². The molecule has 0 spiro atoms. The largest absolute Gasteiger partial charge is 0.464 e. The van der Waals surface area contributed by atoms with Gasteiger partial charge >= 0.3 is 12.0 Å². The topological polar surface area (TPSA) is 118 Å². The summed E-state index contributed by atoms with van der Waals surface area (Å²) in [4.78, 5) is 54.3. The summed E-state index contributed by atoms with van der Waals surface area (Å²) in [7, 11) is 1.26. The van der Waals surface area contributed by atoms with Crippen LogP contribution >= 0.6 is 11.3 Å². The third kappa shape index (κ3) is 5.01. The van der Waals surface area contributed by atoms with Crippen LogP contribution < -0.4 is 10.6 Å². The third-order valence-electron chi connectivity index (χ3n) is 4.66. The van der Waals surface area contributed by atoms with Gasteiger partial charge in [-0.15, -0.1) is 11.3 Å². The van der Waals surface area contributed by atoms with Gasteiger partial charge in [-0.2, -0.15) is 0 Å². The number of hydrogen-bond donors (Lipinski definition) is 2. The van der Waals surface area contributed by atoms with Crippen LogP contribution in [0.5, 0.6) is 0 Å². The molecule has 2 heterocycles. The van der Waals surface area contributed by atoms with E-state index in [0.717, 1.165) is 16.9 Å². The Hall–Kier alpha value is -3.27.